The van der Waals surface area contributed by atoms with Gasteiger partial charge in [0.25, 0.3) is 0 Å². The summed E-state index contributed by atoms with van der Waals surface area (Å²) in [7, 11) is 1.91. The third-order valence-corrected chi connectivity index (χ3v) is 3.82. The lowest BCUT2D eigenvalue weighted by Gasteiger charge is -2.08. The van der Waals surface area contributed by atoms with Crippen LogP contribution in [0.15, 0.2) is 60.8 Å². The van der Waals surface area contributed by atoms with E-state index in [4.69, 9.17) is 11.6 Å². The highest BCUT2D eigenvalue weighted by Gasteiger charge is 2.04. The summed E-state index contributed by atoms with van der Waals surface area (Å²) in [5.74, 6) is 0.909. The summed E-state index contributed by atoms with van der Waals surface area (Å²) < 4.78 is 1.87. The van der Waals surface area contributed by atoms with Crippen molar-refractivity contribution < 1.29 is 0 Å². The lowest BCUT2D eigenvalue weighted by Crippen LogP contribution is -2.05. The number of nitrogens with zero attached hydrogens (tertiary/aromatic N) is 2. The van der Waals surface area contributed by atoms with Crippen molar-refractivity contribution in [3.05, 3.63) is 71.8 Å². The molecule has 0 aliphatic rings. The van der Waals surface area contributed by atoms with Gasteiger partial charge in [0.1, 0.15) is 11.0 Å². The third-order valence-electron chi connectivity index (χ3n) is 3.47. The van der Waals surface area contributed by atoms with Crippen LogP contribution in [0.2, 0.25) is 5.15 Å². The summed E-state index contributed by atoms with van der Waals surface area (Å²) in [5, 5.41) is 4.00. The number of hydrogen-bond acceptors (Lipinski definition) is 2. The molecule has 3 rings (SSSR count). The van der Waals surface area contributed by atoms with Gasteiger partial charge >= 0.3 is 0 Å². The lowest BCUT2D eigenvalue weighted by atomic mass is 10.1. The van der Waals surface area contributed by atoms with Crippen LogP contribution in [0, 0.1) is 0 Å². The minimum atomic E-state index is 0.645. The van der Waals surface area contributed by atoms with Crippen molar-refractivity contribution in [2.45, 2.75) is 6.54 Å². The smallest absolute Gasteiger partial charge is 0.128 e. The van der Waals surface area contributed by atoms with E-state index in [2.05, 4.69) is 46.7 Å². The van der Waals surface area contributed by atoms with Crippen molar-refractivity contribution in [3.63, 3.8) is 0 Å². The normalized spacial score (nSPS) is 10.6. The van der Waals surface area contributed by atoms with Crippen molar-refractivity contribution in [2.75, 3.05) is 5.32 Å². The Bertz CT molecular complexity index is 718. The van der Waals surface area contributed by atoms with Gasteiger partial charge in [-0.3, -0.25) is 0 Å². The summed E-state index contributed by atoms with van der Waals surface area (Å²) in [6.45, 7) is 0.647. The number of nitrogens with one attached hydrogen (secondary N) is 1. The van der Waals surface area contributed by atoms with Crippen LogP contribution in [0.3, 0.4) is 0 Å². The first-order valence-electron chi connectivity index (χ1n) is 6.79. The van der Waals surface area contributed by atoms with Gasteiger partial charge in [0.15, 0.2) is 0 Å². The fourth-order valence-electron chi connectivity index (χ4n) is 2.18. The van der Waals surface area contributed by atoms with Gasteiger partial charge in [-0.05, 0) is 23.3 Å². The molecule has 0 fully saturated rings. The molecule has 106 valence electrons. The van der Waals surface area contributed by atoms with Crippen LogP contribution in [0.5, 0.6) is 0 Å². The third kappa shape index (κ3) is 3.09. The summed E-state index contributed by atoms with van der Waals surface area (Å²) in [6.07, 6.45) is 1.66. The molecule has 0 unspecified atom stereocenters. The maximum Gasteiger partial charge on any atom is 0.128 e. The largest absolute Gasteiger partial charge is 0.378 e. The molecule has 2 aromatic carbocycles. The number of imidazole rings is 1. The minimum Gasteiger partial charge on any atom is -0.378 e. The molecule has 1 N–H and O–H groups in total. The SMILES string of the molecule is Cn1c(Cl)cnc1CNc1ccc(-c2ccccc2)cc1. The maximum atomic E-state index is 5.97. The van der Waals surface area contributed by atoms with Crippen LogP contribution < -0.4 is 5.32 Å². The van der Waals surface area contributed by atoms with E-state index in [1.54, 1.807) is 6.20 Å². The van der Waals surface area contributed by atoms with E-state index in [1.165, 1.54) is 11.1 Å². The molecule has 1 heterocycles. The van der Waals surface area contributed by atoms with Crippen LogP contribution in [-0.4, -0.2) is 9.55 Å². The first-order valence-corrected chi connectivity index (χ1v) is 7.17. The number of benzene rings is 2. The van der Waals surface area contributed by atoms with E-state index in [1.807, 2.05) is 29.8 Å². The standard InChI is InChI=1S/C17H16ClN3/c1-21-16(18)11-20-17(21)12-19-15-9-7-14(8-10-15)13-5-3-2-4-6-13/h2-11,19H,12H2,1H3. The molecule has 4 heteroatoms. The Morgan fingerprint density at radius 3 is 2.29 bits per heavy atom. The van der Waals surface area contributed by atoms with Crippen LogP contribution in [-0.2, 0) is 13.6 Å². The fourth-order valence-corrected chi connectivity index (χ4v) is 2.33. The predicted molar refractivity (Wildman–Crippen MR) is 87.4 cm³/mol. The van der Waals surface area contributed by atoms with Crippen LogP contribution in [0.25, 0.3) is 11.1 Å². The summed E-state index contributed by atoms with van der Waals surface area (Å²) in [6, 6.07) is 18.7. The topological polar surface area (TPSA) is 29.9 Å². The van der Waals surface area contributed by atoms with Gasteiger partial charge < -0.3 is 9.88 Å². The molecule has 0 amide bonds. The minimum absolute atomic E-state index is 0.645. The number of rotatable bonds is 4. The number of hydrogen-bond donors (Lipinski definition) is 1. The van der Waals surface area contributed by atoms with Gasteiger partial charge in [-0.25, -0.2) is 4.98 Å². The number of halogens is 1. The lowest BCUT2D eigenvalue weighted by molar-refractivity contribution is 0.813. The highest BCUT2D eigenvalue weighted by molar-refractivity contribution is 6.29. The van der Waals surface area contributed by atoms with Gasteiger partial charge in [0.05, 0.1) is 12.7 Å². The first kappa shape index (κ1) is 13.7. The second kappa shape index (κ2) is 6.02. The van der Waals surface area contributed by atoms with Crippen LogP contribution in [0.4, 0.5) is 5.69 Å². The molecule has 0 spiro atoms. The zero-order valence-corrected chi connectivity index (χ0v) is 12.5. The van der Waals surface area contributed by atoms with Crippen molar-refractivity contribution >= 4 is 17.3 Å². The molecule has 0 atom stereocenters. The first-order chi connectivity index (χ1) is 10.2. The molecule has 0 saturated carbocycles. The van der Waals surface area contributed by atoms with Gasteiger partial charge in [-0.15, -0.1) is 0 Å². The molecule has 0 aliphatic carbocycles. The summed E-state index contributed by atoms with van der Waals surface area (Å²) in [5.41, 5.74) is 3.50. The van der Waals surface area contributed by atoms with Gasteiger partial charge in [0, 0.05) is 12.7 Å². The number of anilines is 1. The van der Waals surface area contributed by atoms with E-state index >= 15 is 0 Å². The molecule has 0 aliphatic heterocycles. The summed E-state index contributed by atoms with van der Waals surface area (Å²) >= 11 is 5.97. The summed E-state index contributed by atoms with van der Waals surface area (Å²) in [4.78, 5) is 4.26. The Morgan fingerprint density at radius 1 is 1.00 bits per heavy atom. The molecular formula is C17H16ClN3. The molecule has 21 heavy (non-hydrogen) atoms. The highest BCUT2D eigenvalue weighted by atomic mass is 35.5. The molecule has 0 saturated heterocycles. The van der Waals surface area contributed by atoms with Crippen molar-refractivity contribution in [2.24, 2.45) is 7.05 Å². The number of aromatic nitrogens is 2. The maximum absolute atomic E-state index is 5.97. The quantitative estimate of drug-likeness (QED) is 0.776. The Balaban J connectivity index is 1.69. The van der Waals surface area contributed by atoms with E-state index in [0.29, 0.717) is 11.7 Å². The zero-order valence-electron chi connectivity index (χ0n) is 11.8. The fraction of sp³-hybridized carbons (Fsp3) is 0.118. The molecule has 0 radical (unpaired) electrons. The van der Waals surface area contributed by atoms with Crippen molar-refractivity contribution in [3.8, 4) is 11.1 Å². The van der Waals surface area contributed by atoms with Crippen molar-refractivity contribution in [1.29, 1.82) is 0 Å². The van der Waals surface area contributed by atoms with Crippen LogP contribution >= 0.6 is 11.6 Å². The molecule has 1 aromatic heterocycles. The Hall–Kier alpha value is -2.26. The van der Waals surface area contributed by atoms with E-state index in [0.717, 1.165) is 11.5 Å². The molecule has 0 bridgehead atoms. The van der Waals surface area contributed by atoms with E-state index in [-0.39, 0.29) is 0 Å². The average molecular weight is 298 g/mol. The van der Waals surface area contributed by atoms with Gasteiger partial charge in [-0.2, -0.15) is 0 Å². The highest BCUT2D eigenvalue weighted by Crippen LogP contribution is 2.21. The predicted octanol–water partition coefficient (Wildman–Crippen LogP) is 4.35. The Labute approximate surface area is 129 Å². The zero-order chi connectivity index (χ0) is 14.7. The monoisotopic (exact) mass is 297 g/mol. The van der Waals surface area contributed by atoms with E-state index < -0.39 is 0 Å². The van der Waals surface area contributed by atoms with E-state index in [9.17, 15) is 0 Å². The Morgan fingerprint density at radius 2 is 1.67 bits per heavy atom. The molecule has 3 aromatic rings. The van der Waals surface area contributed by atoms with Gasteiger partial charge in [0.2, 0.25) is 0 Å². The molecular weight excluding hydrogens is 282 g/mol. The second-order valence-electron chi connectivity index (χ2n) is 4.85. The van der Waals surface area contributed by atoms with Gasteiger partial charge in [-0.1, -0.05) is 54.1 Å². The van der Waals surface area contributed by atoms with Crippen LogP contribution in [0.1, 0.15) is 5.82 Å². The molecule has 3 nitrogen and oxygen atoms in total. The Kier molecular flexibility index (Phi) is 3.93. The van der Waals surface area contributed by atoms with Crippen molar-refractivity contribution in [1.82, 2.24) is 9.55 Å². The average Bonchev–Trinajstić information content (AvgIpc) is 2.86. The second-order valence-corrected chi connectivity index (χ2v) is 5.24.